The quantitative estimate of drug-likeness (QED) is 0.922. The number of carbonyl (C=O) groups is 2. The first-order chi connectivity index (χ1) is 10.4. The number of hydrogen-bond acceptors (Lipinski definition) is 4. The molecule has 120 valence electrons. The zero-order valence-electron chi connectivity index (χ0n) is 13.4. The molecule has 0 spiro atoms. The van der Waals surface area contributed by atoms with Gasteiger partial charge in [0.25, 0.3) is 5.91 Å². The Morgan fingerprint density at radius 1 is 1.36 bits per heavy atom. The van der Waals surface area contributed by atoms with Gasteiger partial charge in [-0.05, 0) is 31.6 Å². The minimum atomic E-state index is -0.765. The van der Waals surface area contributed by atoms with Gasteiger partial charge in [0.05, 0.1) is 11.3 Å². The summed E-state index contributed by atoms with van der Waals surface area (Å²) in [6.07, 6.45) is 3.28. The highest BCUT2D eigenvalue weighted by molar-refractivity contribution is 5.95. The number of amides is 1. The van der Waals surface area contributed by atoms with E-state index in [2.05, 4.69) is 9.97 Å². The summed E-state index contributed by atoms with van der Waals surface area (Å²) in [5, 5.41) is 8.85. The van der Waals surface area contributed by atoms with Crippen molar-refractivity contribution in [3.63, 3.8) is 0 Å². The lowest BCUT2D eigenvalue weighted by Crippen LogP contribution is -2.39. The third kappa shape index (κ3) is 3.81. The lowest BCUT2D eigenvalue weighted by atomic mass is 9.93. The van der Waals surface area contributed by atoms with Crippen molar-refractivity contribution in [3.05, 3.63) is 23.3 Å². The molecule has 1 aliphatic rings. The topological polar surface area (TPSA) is 83.4 Å². The van der Waals surface area contributed by atoms with Gasteiger partial charge in [-0.1, -0.05) is 13.8 Å². The number of nitrogens with zero attached hydrogens (tertiary/aromatic N) is 3. The number of carboxylic acids is 1. The van der Waals surface area contributed by atoms with Crippen LogP contribution in [0.15, 0.2) is 6.20 Å². The summed E-state index contributed by atoms with van der Waals surface area (Å²) in [6, 6.07) is 0. The predicted molar refractivity (Wildman–Crippen MR) is 81.7 cm³/mol. The van der Waals surface area contributed by atoms with Crippen LogP contribution in [-0.4, -0.2) is 44.9 Å². The van der Waals surface area contributed by atoms with E-state index < -0.39 is 5.97 Å². The maximum Gasteiger partial charge on any atom is 0.303 e. The molecule has 6 heteroatoms. The van der Waals surface area contributed by atoms with E-state index in [-0.39, 0.29) is 24.2 Å². The Hall–Kier alpha value is -1.98. The van der Waals surface area contributed by atoms with Crippen LogP contribution in [-0.2, 0) is 4.79 Å². The molecule has 1 amide bonds. The van der Waals surface area contributed by atoms with Crippen molar-refractivity contribution in [1.82, 2.24) is 14.9 Å². The van der Waals surface area contributed by atoms with E-state index in [9.17, 15) is 9.59 Å². The van der Waals surface area contributed by atoms with E-state index >= 15 is 0 Å². The van der Waals surface area contributed by atoms with E-state index in [1.54, 1.807) is 11.1 Å². The Balaban J connectivity index is 2.09. The van der Waals surface area contributed by atoms with Gasteiger partial charge in [-0.2, -0.15) is 0 Å². The number of carbonyl (C=O) groups excluding carboxylic acids is 1. The van der Waals surface area contributed by atoms with Gasteiger partial charge in [-0.25, -0.2) is 9.97 Å². The SMILES string of the molecule is Cc1ncc(C(=O)N2CCC(CC(=O)O)CC2)c(C(C)C)n1. The molecule has 1 aromatic rings. The predicted octanol–water partition coefficient (Wildman–Crippen LogP) is 2.24. The van der Waals surface area contributed by atoms with E-state index in [4.69, 9.17) is 5.11 Å². The van der Waals surface area contributed by atoms with Crippen LogP contribution in [0.2, 0.25) is 0 Å². The zero-order chi connectivity index (χ0) is 16.3. The summed E-state index contributed by atoms with van der Waals surface area (Å²) in [4.78, 5) is 33.8. The maximum absolute atomic E-state index is 12.7. The molecule has 1 N–H and O–H groups in total. The first-order valence-electron chi connectivity index (χ1n) is 7.73. The van der Waals surface area contributed by atoms with Crippen molar-refractivity contribution < 1.29 is 14.7 Å². The monoisotopic (exact) mass is 305 g/mol. The van der Waals surface area contributed by atoms with Crippen molar-refractivity contribution in [2.45, 2.75) is 46.0 Å². The van der Waals surface area contributed by atoms with E-state index in [1.165, 1.54) is 0 Å². The Labute approximate surface area is 130 Å². The highest BCUT2D eigenvalue weighted by Crippen LogP contribution is 2.24. The second kappa shape index (κ2) is 6.85. The number of likely N-dealkylation sites (tertiary alicyclic amines) is 1. The second-order valence-corrected chi connectivity index (χ2v) is 6.20. The molecule has 0 radical (unpaired) electrons. The smallest absolute Gasteiger partial charge is 0.303 e. The Morgan fingerprint density at radius 3 is 2.55 bits per heavy atom. The Kier molecular flexibility index (Phi) is 5.11. The fraction of sp³-hybridized carbons (Fsp3) is 0.625. The number of carboxylic acid groups (broad SMARTS) is 1. The molecule has 1 aliphatic heterocycles. The summed E-state index contributed by atoms with van der Waals surface area (Å²) in [5.74, 6) is 0.183. The van der Waals surface area contributed by atoms with Gasteiger partial charge in [0.1, 0.15) is 5.82 Å². The van der Waals surface area contributed by atoms with Crippen LogP contribution < -0.4 is 0 Å². The first kappa shape index (κ1) is 16.4. The minimum absolute atomic E-state index is 0.0440. The van der Waals surface area contributed by atoms with Gasteiger partial charge in [0.2, 0.25) is 0 Å². The van der Waals surface area contributed by atoms with Gasteiger partial charge < -0.3 is 10.0 Å². The Morgan fingerprint density at radius 2 is 2.00 bits per heavy atom. The number of aryl methyl sites for hydroxylation is 1. The highest BCUT2D eigenvalue weighted by atomic mass is 16.4. The molecule has 1 saturated heterocycles. The van der Waals surface area contributed by atoms with Crippen molar-refractivity contribution in [2.24, 2.45) is 5.92 Å². The molecule has 0 aliphatic carbocycles. The molecular weight excluding hydrogens is 282 g/mol. The molecule has 0 atom stereocenters. The number of hydrogen-bond donors (Lipinski definition) is 1. The maximum atomic E-state index is 12.7. The number of rotatable bonds is 4. The Bertz CT molecular complexity index is 564. The van der Waals surface area contributed by atoms with Gasteiger partial charge in [0.15, 0.2) is 0 Å². The van der Waals surface area contributed by atoms with Crippen LogP contribution in [0.5, 0.6) is 0 Å². The lowest BCUT2D eigenvalue weighted by molar-refractivity contribution is -0.138. The lowest BCUT2D eigenvalue weighted by Gasteiger charge is -2.31. The average Bonchev–Trinajstić information content (AvgIpc) is 2.46. The van der Waals surface area contributed by atoms with Crippen molar-refractivity contribution in [3.8, 4) is 0 Å². The van der Waals surface area contributed by atoms with Gasteiger partial charge >= 0.3 is 5.97 Å². The number of piperidine rings is 1. The summed E-state index contributed by atoms with van der Waals surface area (Å²) < 4.78 is 0. The molecule has 22 heavy (non-hydrogen) atoms. The molecule has 0 unspecified atom stereocenters. The largest absolute Gasteiger partial charge is 0.481 e. The molecule has 1 aromatic heterocycles. The van der Waals surface area contributed by atoms with E-state index in [0.29, 0.717) is 24.5 Å². The van der Waals surface area contributed by atoms with Crippen LogP contribution in [0, 0.1) is 12.8 Å². The van der Waals surface area contributed by atoms with Crippen molar-refractivity contribution >= 4 is 11.9 Å². The van der Waals surface area contributed by atoms with E-state index in [1.807, 2.05) is 20.8 Å². The molecule has 6 nitrogen and oxygen atoms in total. The van der Waals surface area contributed by atoms with Crippen molar-refractivity contribution in [1.29, 1.82) is 0 Å². The minimum Gasteiger partial charge on any atom is -0.481 e. The summed E-state index contributed by atoms with van der Waals surface area (Å²) in [7, 11) is 0. The first-order valence-corrected chi connectivity index (χ1v) is 7.73. The highest BCUT2D eigenvalue weighted by Gasteiger charge is 2.27. The van der Waals surface area contributed by atoms with Crippen molar-refractivity contribution in [2.75, 3.05) is 13.1 Å². The third-order valence-electron chi connectivity index (χ3n) is 4.08. The van der Waals surface area contributed by atoms with Gasteiger partial charge in [-0.3, -0.25) is 9.59 Å². The normalized spacial score (nSPS) is 16.1. The number of aliphatic carboxylic acids is 1. The molecule has 0 bridgehead atoms. The fourth-order valence-electron chi connectivity index (χ4n) is 2.85. The van der Waals surface area contributed by atoms with E-state index in [0.717, 1.165) is 18.5 Å². The second-order valence-electron chi connectivity index (χ2n) is 6.20. The molecule has 0 aromatic carbocycles. The summed E-state index contributed by atoms with van der Waals surface area (Å²) in [6.45, 7) is 7.04. The van der Waals surface area contributed by atoms with Crippen LogP contribution >= 0.6 is 0 Å². The molecular formula is C16H23N3O3. The molecule has 0 saturated carbocycles. The third-order valence-corrected chi connectivity index (χ3v) is 4.08. The summed E-state index contributed by atoms with van der Waals surface area (Å²) in [5.41, 5.74) is 1.35. The molecule has 1 fully saturated rings. The zero-order valence-corrected chi connectivity index (χ0v) is 13.4. The van der Waals surface area contributed by atoms with Crippen LogP contribution in [0.25, 0.3) is 0 Å². The number of aromatic nitrogens is 2. The van der Waals surface area contributed by atoms with Gasteiger partial charge in [-0.15, -0.1) is 0 Å². The summed E-state index contributed by atoms with van der Waals surface area (Å²) >= 11 is 0. The van der Waals surface area contributed by atoms with Crippen LogP contribution in [0.4, 0.5) is 0 Å². The standard InChI is InChI=1S/C16H23N3O3/c1-10(2)15-13(9-17-11(3)18-15)16(22)19-6-4-12(5-7-19)8-14(20)21/h9-10,12H,4-8H2,1-3H3,(H,20,21). The van der Waals surface area contributed by atoms with Gasteiger partial charge in [0, 0.05) is 25.7 Å². The average molecular weight is 305 g/mol. The molecule has 2 heterocycles. The fourth-order valence-corrected chi connectivity index (χ4v) is 2.85. The molecule has 2 rings (SSSR count). The van der Waals surface area contributed by atoms with Crippen LogP contribution in [0.1, 0.15) is 60.9 Å². The van der Waals surface area contributed by atoms with Crippen LogP contribution in [0.3, 0.4) is 0 Å².